The van der Waals surface area contributed by atoms with Gasteiger partial charge in [0.1, 0.15) is 5.75 Å². The molecule has 1 unspecified atom stereocenters. The highest BCUT2D eigenvalue weighted by atomic mass is 16.5. The van der Waals surface area contributed by atoms with Gasteiger partial charge in [-0.05, 0) is 43.0 Å². The van der Waals surface area contributed by atoms with Crippen molar-refractivity contribution in [3.05, 3.63) is 42.0 Å². The summed E-state index contributed by atoms with van der Waals surface area (Å²) in [6.07, 6.45) is 1.12. The summed E-state index contributed by atoms with van der Waals surface area (Å²) in [6.45, 7) is 6.81. The molecule has 1 atom stereocenters. The molecule has 0 aliphatic rings. The van der Waals surface area contributed by atoms with E-state index in [9.17, 15) is 0 Å². The van der Waals surface area contributed by atoms with Crippen molar-refractivity contribution in [1.82, 2.24) is 4.98 Å². The zero-order valence-electron chi connectivity index (χ0n) is 12.8. The maximum Gasteiger partial charge on any atom is 0.240 e. The minimum atomic E-state index is 0.409. The quantitative estimate of drug-likeness (QED) is 0.856. The number of ether oxygens (including phenoxy) is 2. The first-order chi connectivity index (χ1) is 10.1. The van der Waals surface area contributed by atoms with Crippen LogP contribution in [0.1, 0.15) is 38.7 Å². The first kappa shape index (κ1) is 15.2. The summed E-state index contributed by atoms with van der Waals surface area (Å²) in [4.78, 5) is 4.26. The zero-order valence-corrected chi connectivity index (χ0v) is 12.8. The van der Waals surface area contributed by atoms with Gasteiger partial charge in [0.15, 0.2) is 0 Å². The molecule has 21 heavy (non-hydrogen) atoms. The molecule has 0 spiro atoms. The maximum absolute atomic E-state index is 5.79. The van der Waals surface area contributed by atoms with E-state index in [1.807, 2.05) is 19.1 Å². The van der Waals surface area contributed by atoms with Crippen molar-refractivity contribution in [2.24, 2.45) is 0 Å². The monoisotopic (exact) mass is 286 g/mol. The van der Waals surface area contributed by atoms with Gasteiger partial charge < -0.3 is 15.2 Å². The summed E-state index contributed by atoms with van der Waals surface area (Å²) in [7, 11) is 0. The predicted octanol–water partition coefficient (Wildman–Crippen LogP) is 4.37. The lowest BCUT2D eigenvalue weighted by Crippen LogP contribution is -2.00. The molecule has 0 fully saturated rings. The second kappa shape index (κ2) is 6.97. The van der Waals surface area contributed by atoms with Gasteiger partial charge in [0.2, 0.25) is 11.8 Å². The van der Waals surface area contributed by atoms with Crippen LogP contribution in [0.2, 0.25) is 0 Å². The van der Waals surface area contributed by atoms with Crippen molar-refractivity contribution >= 4 is 5.69 Å². The lowest BCUT2D eigenvalue weighted by molar-refractivity contribution is 0.323. The summed E-state index contributed by atoms with van der Waals surface area (Å²) in [5, 5.41) is 0. The molecule has 4 nitrogen and oxygen atoms in total. The Morgan fingerprint density at radius 2 is 1.81 bits per heavy atom. The van der Waals surface area contributed by atoms with Crippen LogP contribution in [0.15, 0.2) is 36.4 Å². The van der Waals surface area contributed by atoms with E-state index in [4.69, 9.17) is 15.2 Å². The highest BCUT2D eigenvalue weighted by Crippen LogP contribution is 2.27. The van der Waals surface area contributed by atoms with Crippen LogP contribution in [0.4, 0.5) is 5.69 Å². The van der Waals surface area contributed by atoms with Crippen LogP contribution in [0, 0.1) is 0 Å². The fourth-order valence-electron chi connectivity index (χ4n) is 1.96. The number of benzene rings is 1. The van der Waals surface area contributed by atoms with Gasteiger partial charge >= 0.3 is 0 Å². The summed E-state index contributed by atoms with van der Waals surface area (Å²) < 4.78 is 11.1. The largest absolute Gasteiger partial charge is 0.476 e. The minimum absolute atomic E-state index is 0.409. The topological polar surface area (TPSA) is 57.4 Å². The van der Waals surface area contributed by atoms with Crippen LogP contribution >= 0.6 is 0 Å². The van der Waals surface area contributed by atoms with Gasteiger partial charge in [0.25, 0.3) is 0 Å². The van der Waals surface area contributed by atoms with Gasteiger partial charge in [-0.1, -0.05) is 26.0 Å². The van der Waals surface area contributed by atoms with Crippen LogP contribution in [0.5, 0.6) is 17.5 Å². The van der Waals surface area contributed by atoms with Gasteiger partial charge in [0.05, 0.1) is 12.3 Å². The van der Waals surface area contributed by atoms with Gasteiger partial charge in [-0.2, -0.15) is 4.98 Å². The number of nitrogens with two attached hydrogens (primary N) is 1. The van der Waals surface area contributed by atoms with Gasteiger partial charge in [-0.15, -0.1) is 0 Å². The Labute approximate surface area is 125 Å². The lowest BCUT2D eigenvalue weighted by Gasteiger charge is -2.11. The van der Waals surface area contributed by atoms with E-state index in [2.05, 4.69) is 31.0 Å². The Bertz CT molecular complexity index is 582. The molecule has 2 aromatic rings. The van der Waals surface area contributed by atoms with E-state index < -0.39 is 0 Å². The third kappa shape index (κ3) is 3.88. The molecule has 1 heterocycles. The molecule has 0 saturated heterocycles. The third-order valence-corrected chi connectivity index (χ3v) is 3.43. The van der Waals surface area contributed by atoms with Crippen molar-refractivity contribution in [3.8, 4) is 17.5 Å². The molecule has 1 aromatic heterocycles. The molecule has 2 rings (SSSR count). The minimum Gasteiger partial charge on any atom is -0.476 e. The predicted molar refractivity (Wildman–Crippen MR) is 85.0 cm³/mol. The SMILES string of the molecule is CCOc1nc(Oc2ccc(C(C)CC)cc2)ccc1N. The van der Waals surface area contributed by atoms with E-state index in [1.165, 1.54) is 5.56 Å². The van der Waals surface area contributed by atoms with Crippen molar-refractivity contribution in [2.45, 2.75) is 33.1 Å². The number of hydrogen-bond acceptors (Lipinski definition) is 4. The van der Waals surface area contributed by atoms with E-state index in [0.717, 1.165) is 12.2 Å². The molecule has 112 valence electrons. The first-order valence-electron chi connectivity index (χ1n) is 7.31. The van der Waals surface area contributed by atoms with E-state index in [1.54, 1.807) is 12.1 Å². The lowest BCUT2D eigenvalue weighted by atomic mass is 9.99. The highest BCUT2D eigenvalue weighted by Gasteiger charge is 2.07. The van der Waals surface area contributed by atoms with Crippen molar-refractivity contribution in [2.75, 3.05) is 12.3 Å². The number of hydrogen-bond donors (Lipinski definition) is 1. The highest BCUT2D eigenvalue weighted by molar-refractivity contribution is 5.49. The van der Waals surface area contributed by atoms with Crippen LogP contribution in [-0.4, -0.2) is 11.6 Å². The number of nitrogens with zero attached hydrogens (tertiary/aromatic N) is 1. The number of anilines is 1. The Balaban J connectivity index is 2.12. The zero-order chi connectivity index (χ0) is 15.2. The van der Waals surface area contributed by atoms with Crippen molar-refractivity contribution in [3.63, 3.8) is 0 Å². The summed E-state index contributed by atoms with van der Waals surface area (Å²) >= 11 is 0. The average Bonchev–Trinajstić information content (AvgIpc) is 2.51. The van der Waals surface area contributed by atoms with Crippen LogP contribution in [0.25, 0.3) is 0 Å². The summed E-state index contributed by atoms with van der Waals surface area (Å²) in [5.74, 6) is 2.19. The maximum atomic E-state index is 5.79. The molecule has 4 heteroatoms. The van der Waals surface area contributed by atoms with Crippen molar-refractivity contribution < 1.29 is 9.47 Å². The fourth-order valence-corrected chi connectivity index (χ4v) is 1.96. The molecule has 1 aromatic carbocycles. The molecular weight excluding hydrogens is 264 g/mol. The Kier molecular flexibility index (Phi) is 5.04. The second-order valence-corrected chi connectivity index (χ2v) is 4.96. The number of pyridine rings is 1. The van der Waals surface area contributed by atoms with E-state index in [-0.39, 0.29) is 0 Å². The summed E-state index contributed by atoms with van der Waals surface area (Å²) in [5.41, 5.74) is 7.62. The molecule has 0 saturated carbocycles. The van der Waals surface area contributed by atoms with E-state index >= 15 is 0 Å². The molecule has 0 amide bonds. The smallest absolute Gasteiger partial charge is 0.240 e. The Morgan fingerprint density at radius 3 is 2.43 bits per heavy atom. The Morgan fingerprint density at radius 1 is 1.10 bits per heavy atom. The third-order valence-electron chi connectivity index (χ3n) is 3.43. The Hall–Kier alpha value is -2.23. The standard InChI is InChI=1S/C17H22N2O2/c1-4-12(3)13-6-8-14(9-7-13)21-16-11-10-15(18)17(19-16)20-5-2/h6-12H,4-5,18H2,1-3H3. The molecule has 0 bridgehead atoms. The average molecular weight is 286 g/mol. The number of rotatable bonds is 6. The van der Waals surface area contributed by atoms with Crippen LogP contribution in [-0.2, 0) is 0 Å². The number of aromatic nitrogens is 1. The normalized spacial score (nSPS) is 12.0. The molecular formula is C17H22N2O2. The first-order valence-corrected chi connectivity index (χ1v) is 7.31. The fraction of sp³-hybridized carbons (Fsp3) is 0.353. The van der Waals surface area contributed by atoms with Crippen LogP contribution in [0.3, 0.4) is 0 Å². The molecule has 0 aliphatic carbocycles. The summed E-state index contributed by atoms with van der Waals surface area (Å²) in [6, 6.07) is 11.6. The molecule has 2 N–H and O–H groups in total. The molecule has 0 radical (unpaired) electrons. The van der Waals surface area contributed by atoms with Gasteiger partial charge in [-0.3, -0.25) is 0 Å². The molecule has 0 aliphatic heterocycles. The van der Waals surface area contributed by atoms with Gasteiger partial charge in [0, 0.05) is 6.07 Å². The number of nitrogen functional groups attached to an aromatic ring is 1. The van der Waals surface area contributed by atoms with E-state index in [0.29, 0.717) is 30.0 Å². The van der Waals surface area contributed by atoms with Crippen LogP contribution < -0.4 is 15.2 Å². The second-order valence-electron chi connectivity index (χ2n) is 4.96. The van der Waals surface area contributed by atoms with Crippen molar-refractivity contribution in [1.29, 1.82) is 0 Å². The van der Waals surface area contributed by atoms with Gasteiger partial charge in [-0.25, -0.2) is 0 Å².